The van der Waals surface area contributed by atoms with Gasteiger partial charge in [0.2, 0.25) is 0 Å². The van der Waals surface area contributed by atoms with Crippen LogP contribution >= 0.6 is 0 Å². The number of fused-ring (bicyclic) bond motifs is 1. The Balaban J connectivity index is 1.88. The molecule has 1 aliphatic heterocycles. The summed E-state index contributed by atoms with van der Waals surface area (Å²) in [4.78, 5) is 0. The highest BCUT2D eigenvalue weighted by atomic mass is 14.9. The Kier molecular flexibility index (Phi) is 2.60. The Morgan fingerprint density at radius 2 is 2.00 bits per heavy atom. The average Bonchev–Trinajstić information content (AvgIpc) is 2.82. The highest BCUT2D eigenvalue weighted by Crippen LogP contribution is 2.33. The van der Waals surface area contributed by atoms with Gasteiger partial charge in [-0.3, -0.25) is 0 Å². The molecule has 1 nitrogen and oxygen atoms in total. The Bertz CT molecular complexity index is 506. The summed E-state index contributed by atoms with van der Waals surface area (Å²) in [6.45, 7) is 2.20. The van der Waals surface area contributed by atoms with Gasteiger partial charge in [-0.25, -0.2) is 0 Å². The predicted octanol–water partition coefficient (Wildman–Crippen LogP) is 3.96. The van der Waals surface area contributed by atoms with Crippen LogP contribution in [0.15, 0.2) is 48.5 Å². The highest BCUT2D eigenvalue weighted by Gasteiger charge is 2.21. The molecule has 0 radical (unpaired) electrons. The molecular weight excluding hydrogens is 206 g/mol. The van der Waals surface area contributed by atoms with Crippen molar-refractivity contribution in [2.24, 2.45) is 0 Å². The number of para-hydroxylation sites is 1. The van der Waals surface area contributed by atoms with Gasteiger partial charge in [0.05, 0.1) is 6.04 Å². The van der Waals surface area contributed by atoms with Crippen LogP contribution in [0, 0.1) is 0 Å². The lowest BCUT2D eigenvalue weighted by Crippen LogP contribution is -2.05. The molecule has 0 saturated carbocycles. The summed E-state index contributed by atoms with van der Waals surface area (Å²) in [6, 6.07) is 17.9. The number of hydrogen-bond acceptors (Lipinski definition) is 1. The largest absolute Gasteiger partial charge is 0.378 e. The van der Waals surface area contributed by atoms with Crippen molar-refractivity contribution in [1.82, 2.24) is 0 Å². The van der Waals surface area contributed by atoms with Crippen molar-refractivity contribution in [3.8, 4) is 0 Å². The fourth-order valence-electron chi connectivity index (χ4n) is 2.53. The van der Waals surface area contributed by atoms with Crippen molar-refractivity contribution in [3.63, 3.8) is 0 Å². The van der Waals surface area contributed by atoms with Gasteiger partial charge in [0.15, 0.2) is 0 Å². The molecule has 0 spiro atoms. The summed E-state index contributed by atoms with van der Waals surface area (Å²) in [7, 11) is 0. The summed E-state index contributed by atoms with van der Waals surface area (Å²) >= 11 is 0. The van der Waals surface area contributed by atoms with E-state index in [2.05, 4.69) is 60.8 Å². The van der Waals surface area contributed by atoms with Crippen molar-refractivity contribution in [1.29, 1.82) is 0 Å². The van der Waals surface area contributed by atoms with Gasteiger partial charge in [-0.2, -0.15) is 0 Å². The lowest BCUT2D eigenvalue weighted by Gasteiger charge is -2.12. The van der Waals surface area contributed by atoms with E-state index in [9.17, 15) is 0 Å². The number of hydrogen-bond donors (Lipinski definition) is 1. The van der Waals surface area contributed by atoms with Gasteiger partial charge in [0, 0.05) is 5.69 Å². The van der Waals surface area contributed by atoms with E-state index in [1.165, 1.54) is 22.4 Å². The maximum Gasteiger partial charge on any atom is 0.0555 e. The van der Waals surface area contributed by atoms with Gasteiger partial charge < -0.3 is 5.32 Å². The van der Waals surface area contributed by atoms with Gasteiger partial charge in [-0.05, 0) is 35.6 Å². The van der Waals surface area contributed by atoms with Crippen LogP contribution in [0.1, 0.15) is 29.7 Å². The minimum atomic E-state index is 0.443. The third kappa shape index (κ3) is 1.93. The van der Waals surface area contributed by atoms with Crippen LogP contribution in [-0.4, -0.2) is 0 Å². The van der Waals surface area contributed by atoms with Crippen LogP contribution in [-0.2, 0) is 12.8 Å². The molecule has 1 unspecified atom stereocenters. The van der Waals surface area contributed by atoms with E-state index in [-0.39, 0.29) is 0 Å². The second-order valence-electron chi connectivity index (χ2n) is 4.66. The maximum absolute atomic E-state index is 3.60. The number of aryl methyl sites for hydroxylation is 1. The zero-order valence-corrected chi connectivity index (χ0v) is 10.1. The van der Waals surface area contributed by atoms with Crippen molar-refractivity contribution in [3.05, 3.63) is 65.2 Å². The van der Waals surface area contributed by atoms with E-state index < -0.39 is 0 Å². The lowest BCUT2D eigenvalue weighted by molar-refractivity contribution is 0.821. The van der Waals surface area contributed by atoms with Gasteiger partial charge in [-0.15, -0.1) is 0 Å². The Labute approximate surface area is 102 Å². The predicted molar refractivity (Wildman–Crippen MR) is 72.3 cm³/mol. The van der Waals surface area contributed by atoms with E-state index in [0.717, 1.165) is 12.8 Å². The minimum absolute atomic E-state index is 0.443. The number of rotatable bonds is 2. The Morgan fingerprint density at radius 1 is 1.12 bits per heavy atom. The summed E-state index contributed by atoms with van der Waals surface area (Å²) in [6.07, 6.45) is 2.21. The molecule has 1 N–H and O–H groups in total. The van der Waals surface area contributed by atoms with Gasteiger partial charge in [-0.1, -0.05) is 49.4 Å². The first-order chi connectivity index (χ1) is 8.36. The number of benzene rings is 2. The third-order valence-electron chi connectivity index (χ3n) is 3.53. The van der Waals surface area contributed by atoms with Gasteiger partial charge in [0.1, 0.15) is 0 Å². The molecule has 0 aliphatic carbocycles. The molecule has 1 heterocycles. The molecular formula is C16H17N. The van der Waals surface area contributed by atoms with Gasteiger partial charge in [0.25, 0.3) is 0 Å². The zero-order chi connectivity index (χ0) is 11.7. The molecule has 1 heteroatoms. The topological polar surface area (TPSA) is 12.0 Å². The molecule has 17 heavy (non-hydrogen) atoms. The molecule has 2 aromatic rings. The second-order valence-corrected chi connectivity index (χ2v) is 4.66. The highest BCUT2D eigenvalue weighted by molar-refractivity contribution is 5.58. The van der Waals surface area contributed by atoms with E-state index in [0.29, 0.717) is 6.04 Å². The smallest absolute Gasteiger partial charge is 0.0555 e. The molecule has 2 aromatic carbocycles. The Morgan fingerprint density at radius 3 is 2.82 bits per heavy atom. The number of nitrogens with one attached hydrogen (secondary N) is 1. The first kappa shape index (κ1) is 10.4. The van der Waals surface area contributed by atoms with Crippen molar-refractivity contribution in [2.45, 2.75) is 25.8 Å². The molecule has 0 bridgehead atoms. The van der Waals surface area contributed by atoms with Crippen LogP contribution in [0.2, 0.25) is 0 Å². The fourth-order valence-corrected chi connectivity index (χ4v) is 2.53. The normalized spacial score (nSPS) is 17.6. The quantitative estimate of drug-likeness (QED) is 0.812. The summed E-state index contributed by atoms with van der Waals surface area (Å²) in [5.74, 6) is 0. The van der Waals surface area contributed by atoms with Crippen LogP contribution in [0.4, 0.5) is 5.69 Å². The monoisotopic (exact) mass is 223 g/mol. The van der Waals surface area contributed by atoms with Crippen molar-refractivity contribution >= 4 is 5.69 Å². The minimum Gasteiger partial charge on any atom is -0.378 e. The average molecular weight is 223 g/mol. The molecule has 0 amide bonds. The fraction of sp³-hybridized carbons (Fsp3) is 0.250. The molecule has 1 atom stereocenters. The zero-order valence-electron chi connectivity index (χ0n) is 10.1. The summed E-state index contributed by atoms with van der Waals surface area (Å²) < 4.78 is 0. The standard InChI is InChI=1S/C16H17N/c1-2-12-6-5-8-13(10-12)16-11-14-7-3-4-9-15(14)17-16/h3-10,16-17H,2,11H2,1H3. The van der Waals surface area contributed by atoms with Crippen LogP contribution in [0.5, 0.6) is 0 Å². The number of anilines is 1. The molecule has 3 rings (SSSR count). The molecule has 0 saturated heterocycles. The summed E-state index contributed by atoms with van der Waals surface area (Å²) in [5.41, 5.74) is 5.54. The first-order valence-corrected chi connectivity index (χ1v) is 6.30. The van der Waals surface area contributed by atoms with E-state index in [1.807, 2.05) is 0 Å². The molecule has 86 valence electrons. The second kappa shape index (κ2) is 4.25. The van der Waals surface area contributed by atoms with E-state index in [4.69, 9.17) is 0 Å². The molecule has 0 fully saturated rings. The lowest BCUT2D eigenvalue weighted by atomic mass is 10.0. The Hall–Kier alpha value is -1.76. The van der Waals surface area contributed by atoms with Gasteiger partial charge >= 0.3 is 0 Å². The van der Waals surface area contributed by atoms with Crippen LogP contribution in [0.25, 0.3) is 0 Å². The summed E-state index contributed by atoms with van der Waals surface area (Å²) in [5, 5.41) is 3.60. The van der Waals surface area contributed by atoms with Crippen LogP contribution < -0.4 is 5.32 Å². The van der Waals surface area contributed by atoms with E-state index >= 15 is 0 Å². The van der Waals surface area contributed by atoms with E-state index in [1.54, 1.807) is 0 Å². The van der Waals surface area contributed by atoms with Crippen molar-refractivity contribution in [2.75, 3.05) is 5.32 Å². The SMILES string of the molecule is CCc1cccc(C2Cc3ccccc3N2)c1. The molecule has 1 aliphatic rings. The van der Waals surface area contributed by atoms with Crippen molar-refractivity contribution < 1.29 is 0 Å². The third-order valence-corrected chi connectivity index (χ3v) is 3.53. The maximum atomic E-state index is 3.60. The molecule has 0 aromatic heterocycles. The first-order valence-electron chi connectivity index (χ1n) is 6.30. The van der Waals surface area contributed by atoms with Crippen LogP contribution in [0.3, 0.4) is 0 Å².